The van der Waals surface area contributed by atoms with E-state index in [2.05, 4.69) is 35.4 Å². The minimum Gasteiger partial charge on any atom is -0.491 e. The topological polar surface area (TPSA) is 53.6 Å². The van der Waals surface area contributed by atoms with E-state index < -0.39 is 0 Å². The van der Waals surface area contributed by atoms with Crippen LogP contribution < -0.4 is 20.3 Å². The van der Waals surface area contributed by atoms with Crippen LogP contribution in [0.5, 0.6) is 5.75 Å². The van der Waals surface area contributed by atoms with Crippen LogP contribution in [0.1, 0.15) is 26.7 Å². The molecule has 1 aromatic rings. The van der Waals surface area contributed by atoms with E-state index in [0.717, 1.165) is 43.2 Å². The lowest BCUT2D eigenvalue weighted by atomic mass is 10.1. The van der Waals surface area contributed by atoms with Crippen LogP contribution in [0, 0.1) is 0 Å². The summed E-state index contributed by atoms with van der Waals surface area (Å²) in [6.45, 7) is 6.89. The molecule has 1 saturated heterocycles. The average Bonchev–Trinajstić information content (AvgIpc) is 2.62. The van der Waals surface area contributed by atoms with Crippen LogP contribution in [-0.2, 0) is 4.79 Å². The molecule has 1 fully saturated rings. The van der Waals surface area contributed by atoms with Crippen LogP contribution in [0.4, 0.5) is 11.4 Å². The van der Waals surface area contributed by atoms with Gasteiger partial charge in [-0.15, -0.1) is 0 Å². The molecule has 2 unspecified atom stereocenters. The molecule has 2 N–H and O–H groups in total. The maximum Gasteiger partial charge on any atom is 0.226 e. The fraction of sp³-hybridized carbons (Fsp3) is 0.562. The van der Waals surface area contributed by atoms with Gasteiger partial charge in [-0.25, -0.2) is 0 Å². The van der Waals surface area contributed by atoms with Crippen LogP contribution in [0.15, 0.2) is 18.2 Å². The van der Waals surface area contributed by atoms with Gasteiger partial charge in [0.2, 0.25) is 5.91 Å². The molecule has 2 heterocycles. The Morgan fingerprint density at radius 3 is 3.14 bits per heavy atom. The largest absolute Gasteiger partial charge is 0.491 e. The summed E-state index contributed by atoms with van der Waals surface area (Å²) in [7, 11) is 0. The zero-order valence-electron chi connectivity index (χ0n) is 12.7. The third kappa shape index (κ3) is 2.97. The summed E-state index contributed by atoms with van der Waals surface area (Å²) in [4.78, 5) is 14.3. The van der Waals surface area contributed by atoms with Gasteiger partial charge < -0.3 is 20.3 Å². The molecule has 0 aromatic heterocycles. The van der Waals surface area contributed by atoms with Gasteiger partial charge in [0.1, 0.15) is 5.75 Å². The monoisotopic (exact) mass is 289 g/mol. The summed E-state index contributed by atoms with van der Waals surface area (Å²) < 4.78 is 5.92. The number of amides is 1. The predicted octanol–water partition coefficient (Wildman–Crippen LogP) is 1.98. The SMILES string of the molecule is CCC(C)Oc1ccc2c(c1)N1CCNCC1CC(=O)N2. The molecule has 0 aliphatic carbocycles. The minimum absolute atomic E-state index is 0.0862. The molecule has 0 spiro atoms. The molecule has 2 aliphatic rings. The highest BCUT2D eigenvalue weighted by Crippen LogP contribution is 2.35. The van der Waals surface area contributed by atoms with Crippen LogP contribution in [0.3, 0.4) is 0 Å². The molecule has 5 heteroatoms. The number of benzene rings is 1. The molecule has 5 nitrogen and oxygen atoms in total. The summed E-state index contributed by atoms with van der Waals surface area (Å²) in [5, 5.41) is 6.38. The van der Waals surface area contributed by atoms with Gasteiger partial charge in [-0.3, -0.25) is 4.79 Å². The van der Waals surface area contributed by atoms with E-state index in [0.29, 0.717) is 6.42 Å². The number of hydrogen-bond donors (Lipinski definition) is 2. The molecule has 3 rings (SSSR count). The van der Waals surface area contributed by atoms with Crippen molar-refractivity contribution in [2.45, 2.75) is 38.8 Å². The number of fused-ring (bicyclic) bond motifs is 3. The highest BCUT2D eigenvalue weighted by molar-refractivity contribution is 5.97. The van der Waals surface area contributed by atoms with Gasteiger partial charge >= 0.3 is 0 Å². The first-order valence-electron chi connectivity index (χ1n) is 7.75. The van der Waals surface area contributed by atoms with E-state index in [1.54, 1.807) is 0 Å². The molecule has 21 heavy (non-hydrogen) atoms. The Bertz CT molecular complexity index is 532. The maximum absolute atomic E-state index is 12.0. The van der Waals surface area contributed by atoms with Gasteiger partial charge in [-0.2, -0.15) is 0 Å². The second-order valence-electron chi connectivity index (χ2n) is 5.82. The first-order chi connectivity index (χ1) is 10.2. The second-order valence-corrected chi connectivity index (χ2v) is 5.82. The third-order valence-electron chi connectivity index (χ3n) is 4.24. The van der Waals surface area contributed by atoms with Crippen molar-refractivity contribution in [2.75, 3.05) is 29.9 Å². The normalized spacial score (nSPS) is 22.7. The molecule has 114 valence electrons. The van der Waals surface area contributed by atoms with E-state index in [1.807, 2.05) is 12.1 Å². The number of nitrogens with zero attached hydrogens (tertiary/aromatic N) is 1. The zero-order valence-corrected chi connectivity index (χ0v) is 12.7. The number of hydrogen-bond acceptors (Lipinski definition) is 4. The van der Waals surface area contributed by atoms with Crippen molar-refractivity contribution in [2.24, 2.45) is 0 Å². The van der Waals surface area contributed by atoms with E-state index in [1.165, 1.54) is 0 Å². The molecule has 0 saturated carbocycles. The highest BCUT2D eigenvalue weighted by atomic mass is 16.5. The quantitative estimate of drug-likeness (QED) is 0.893. The third-order valence-corrected chi connectivity index (χ3v) is 4.24. The number of rotatable bonds is 3. The van der Waals surface area contributed by atoms with Gasteiger partial charge in [0.25, 0.3) is 0 Å². The van der Waals surface area contributed by atoms with Crippen LogP contribution >= 0.6 is 0 Å². The van der Waals surface area contributed by atoms with Crippen LogP contribution in [0.2, 0.25) is 0 Å². The van der Waals surface area contributed by atoms with E-state index >= 15 is 0 Å². The Hall–Kier alpha value is -1.75. The lowest BCUT2D eigenvalue weighted by molar-refractivity contribution is -0.116. The smallest absolute Gasteiger partial charge is 0.226 e. The number of piperazine rings is 1. The predicted molar refractivity (Wildman–Crippen MR) is 84.1 cm³/mol. The standard InChI is InChI=1S/C16H23N3O2/c1-3-11(2)21-13-4-5-14-15(9-13)19-7-6-17-10-12(19)8-16(20)18-14/h4-5,9,11-12,17H,3,6-8,10H2,1-2H3,(H,18,20). The van der Waals surface area contributed by atoms with Gasteiger partial charge in [0.05, 0.1) is 23.5 Å². The number of anilines is 2. The fourth-order valence-corrected chi connectivity index (χ4v) is 2.92. The summed E-state index contributed by atoms with van der Waals surface area (Å²) >= 11 is 0. The molecule has 0 radical (unpaired) electrons. The summed E-state index contributed by atoms with van der Waals surface area (Å²) in [6.07, 6.45) is 1.70. The molecule has 0 bridgehead atoms. The number of ether oxygens (including phenoxy) is 1. The molecule has 1 aromatic carbocycles. The van der Waals surface area contributed by atoms with Gasteiger partial charge in [0, 0.05) is 32.1 Å². The van der Waals surface area contributed by atoms with E-state index in [9.17, 15) is 4.79 Å². The summed E-state index contributed by atoms with van der Waals surface area (Å²) in [5.41, 5.74) is 1.97. The lowest BCUT2D eigenvalue weighted by Gasteiger charge is -2.36. The Labute approximate surface area is 125 Å². The first-order valence-corrected chi connectivity index (χ1v) is 7.75. The van der Waals surface area contributed by atoms with E-state index in [4.69, 9.17) is 4.74 Å². The van der Waals surface area contributed by atoms with Crippen molar-refractivity contribution < 1.29 is 9.53 Å². The maximum atomic E-state index is 12.0. The van der Waals surface area contributed by atoms with Crippen molar-refractivity contribution in [1.29, 1.82) is 0 Å². The van der Waals surface area contributed by atoms with Crippen molar-refractivity contribution >= 4 is 17.3 Å². The Morgan fingerprint density at radius 1 is 1.48 bits per heavy atom. The van der Waals surface area contributed by atoms with Gasteiger partial charge in [-0.05, 0) is 25.5 Å². The number of carbonyl (C=O) groups excluding carboxylic acids is 1. The molecule has 2 aliphatic heterocycles. The van der Waals surface area contributed by atoms with Crippen molar-refractivity contribution in [3.8, 4) is 5.75 Å². The fourth-order valence-electron chi connectivity index (χ4n) is 2.92. The zero-order chi connectivity index (χ0) is 14.8. The first kappa shape index (κ1) is 14.2. The van der Waals surface area contributed by atoms with Gasteiger partial charge in [-0.1, -0.05) is 6.92 Å². The molecule has 1 amide bonds. The average molecular weight is 289 g/mol. The van der Waals surface area contributed by atoms with E-state index in [-0.39, 0.29) is 18.1 Å². The minimum atomic E-state index is 0.0862. The highest BCUT2D eigenvalue weighted by Gasteiger charge is 2.30. The van der Waals surface area contributed by atoms with Gasteiger partial charge in [0.15, 0.2) is 0 Å². The molecular weight excluding hydrogens is 266 g/mol. The Balaban J connectivity index is 1.93. The van der Waals surface area contributed by atoms with Crippen molar-refractivity contribution in [3.05, 3.63) is 18.2 Å². The van der Waals surface area contributed by atoms with Crippen LogP contribution in [0.25, 0.3) is 0 Å². The van der Waals surface area contributed by atoms with Crippen molar-refractivity contribution in [1.82, 2.24) is 5.32 Å². The Morgan fingerprint density at radius 2 is 2.33 bits per heavy atom. The van der Waals surface area contributed by atoms with Crippen molar-refractivity contribution in [3.63, 3.8) is 0 Å². The lowest BCUT2D eigenvalue weighted by Crippen LogP contribution is -2.51. The second kappa shape index (κ2) is 5.93. The molecular formula is C16H23N3O2. The van der Waals surface area contributed by atoms with Crippen LogP contribution in [-0.4, -0.2) is 37.7 Å². The Kier molecular flexibility index (Phi) is 4.01. The molecule has 2 atom stereocenters. The number of carbonyl (C=O) groups is 1. The summed E-state index contributed by atoms with van der Waals surface area (Å²) in [6, 6.07) is 6.17. The number of nitrogens with one attached hydrogen (secondary N) is 2. The summed E-state index contributed by atoms with van der Waals surface area (Å²) in [5.74, 6) is 0.958.